The summed E-state index contributed by atoms with van der Waals surface area (Å²) in [6.07, 6.45) is 1.80. The van der Waals surface area contributed by atoms with Crippen molar-refractivity contribution in [2.45, 2.75) is 23.8 Å². The second kappa shape index (κ2) is 12.6. The Morgan fingerprint density at radius 3 is 2.38 bits per heavy atom. The largest absolute Gasteiger partial charge is 0.493 e. The number of para-hydroxylation sites is 1. The maximum atomic E-state index is 13.7. The lowest BCUT2D eigenvalue weighted by Crippen LogP contribution is -2.38. The number of nitrogens with one attached hydrogen (secondary N) is 2. The van der Waals surface area contributed by atoms with Gasteiger partial charge in [-0.25, -0.2) is 8.42 Å². The molecule has 3 aromatic rings. The number of benzene rings is 3. The number of methoxy groups -OCH3 is 2. The zero-order valence-corrected chi connectivity index (χ0v) is 22.6. The molecule has 0 aliphatic carbocycles. The van der Waals surface area contributed by atoms with E-state index in [4.69, 9.17) is 14.2 Å². The van der Waals surface area contributed by atoms with Gasteiger partial charge in [-0.1, -0.05) is 30.3 Å². The van der Waals surface area contributed by atoms with Crippen LogP contribution in [0.3, 0.4) is 0 Å². The molecule has 206 valence electrons. The molecule has 1 aliphatic rings. The standard InChI is InChI=1S/C28H31N3O7S/c1-36-25-15-14-20(17-26(25)37-2)31(39(34,35)22-10-4-3-5-11-22)19-27(32)30-24-13-7-6-12-23(24)28(33)29-18-21-9-8-16-38-21/h3-7,10-15,17,21H,8-9,16,18-19H2,1-2H3,(H,29,33)(H,30,32)/t21-/m1/s1. The Balaban J connectivity index is 1.59. The van der Waals surface area contributed by atoms with Crippen LogP contribution in [0.2, 0.25) is 0 Å². The lowest BCUT2D eigenvalue weighted by Gasteiger charge is -2.25. The first-order chi connectivity index (χ1) is 18.8. The van der Waals surface area contributed by atoms with Crippen molar-refractivity contribution in [1.82, 2.24) is 5.32 Å². The predicted molar refractivity (Wildman–Crippen MR) is 147 cm³/mol. The smallest absolute Gasteiger partial charge is 0.264 e. The van der Waals surface area contributed by atoms with Gasteiger partial charge in [0.05, 0.1) is 42.2 Å². The summed E-state index contributed by atoms with van der Waals surface area (Å²) < 4.78 is 44.5. The van der Waals surface area contributed by atoms with Crippen LogP contribution < -0.4 is 24.4 Å². The number of hydrogen-bond acceptors (Lipinski definition) is 7. The average Bonchev–Trinajstić information content (AvgIpc) is 3.49. The minimum Gasteiger partial charge on any atom is -0.493 e. The summed E-state index contributed by atoms with van der Waals surface area (Å²) in [7, 11) is -1.24. The monoisotopic (exact) mass is 553 g/mol. The number of anilines is 2. The molecular weight excluding hydrogens is 522 g/mol. The molecule has 3 aromatic carbocycles. The zero-order chi connectivity index (χ0) is 27.8. The normalized spacial score (nSPS) is 14.9. The van der Waals surface area contributed by atoms with Gasteiger partial charge in [-0.3, -0.25) is 13.9 Å². The van der Waals surface area contributed by atoms with Gasteiger partial charge in [0.2, 0.25) is 5.91 Å². The second-order valence-electron chi connectivity index (χ2n) is 8.80. The molecule has 39 heavy (non-hydrogen) atoms. The van der Waals surface area contributed by atoms with Gasteiger partial charge in [0.1, 0.15) is 6.54 Å². The minimum absolute atomic E-state index is 0.0153. The van der Waals surface area contributed by atoms with Crippen molar-refractivity contribution in [2.24, 2.45) is 0 Å². The number of carbonyl (C=O) groups is 2. The number of ether oxygens (including phenoxy) is 3. The van der Waals surface area contributed by atoms with Gasteiger partial charge in [-0.05, 0) is 49.2 Å². The van der Waals surface area contributed by atoms with E-state index in [1.54, 1.807) is 48.5 Å². The van der Waals surface area contributed by atoms with Crippen LogP contribution in [-0.4, -0.2) is 60.3 Å². The third-order valence-corrected chi connectivity index (χ3v) is 8.02. The van der Waals surface area contributed by atoms with E-state index in [0.717, 1.165) is 17.1 Å². The summed E-state index contributed by atoms with van der Waals surface area (Å²) >= 11 is 0. The molecule has 0 aromatic heterocycles. The van der Waals surface area contributed by atoms with Gasteiger partial charge in [-0.15, -0.1) is 0 Å². The Kier molecular flexibility index (Phi) is 9.05. The van der Waals surface area contributed by atoms with Crippen molar-refractivity contribution in [3.8, 4) is 11.5 Å². The molecule has 0 bridgehead atoms. The van der Waals surface area contributed by atoms with Crippen LogP contribution >= 0.6 is 0 Å². The van der Waals surface area contributed by atoms with Gasteiger partial charge < -0.3 is 24.8 Å². The van der Waals surface area contributed by atoms with E-state index in [0.29, 0.717) is 24.7 Å². The summed E-state index contributed by atoms with van der Waals surface area (Å²) in [6, 6.07) is 18.9. The fraction of sp³-hybridized carbons (Fsp3) is 0.286. The highest BCUT2D eigenvalue weighted by molar-refractivity contribution is 7.92. The van der Waals surface area contributed by atoms with Gasteiger partial charge in [0, 0.05) is 19.2 Å². The summed E-state index contributed by atoms with van der Waals surface area (Å²) in [5.74, 6) is -0.290. The SMILES string of the molecule is COc1ccc(N(CC(=O)Nc2ccccc2C(=O)NC[C@H]2CCCO2)S(=O)(=O)c2ccccc2)cc1OC. The molecule has 10 nitrogen and oxygen atoms in total. The third kappa shape index (κ3) is 6.68. The van der Waals surface area contributed by atoms with Crippen LogP contribution in [0.4, 0.5) is 11.4 Å². The van der Waals surface area contributed by atoms with E-state index in [1.807, 2.05) is 0 Å². The first-order valence-corrected chi connectivity index (χ1v) is 13.9. The van der Waals surface area contributed by atoms with Crippen molar-refractivity contribution in [3.63, 3.8) is 0 Å². The Labute approximate surface area is 227 Å². The number of sulfonamides is 1. The van der Waals surface area contributed by atoms with Crippen molar-refractivity contribution in [1.29, 1.82) is 0 Å². The topological polar surface area (TPSA) is 123 Å². The van der Waals surface area contributed by atoms with Gasteiger partial charge in [0.15, 0.2) is 11.5 Å². The lowest BCUT2D eigenvalue weighted by atomic mass is 10.1. The highest BCUT2D eigenvalue weighted by Gasteiger charge is 2.28. The lowest BCUT2D eigenvalue weighted by molar-refractivity contribution is -0.114. The van der Waals surface area contributed by atoms with Crippen LogP contribution in [0.25, 0.3) is 0 Å². The number of hydrogen-bond donors (Lipinski definition) is 2. The summed E-state index contributed by atoms with van der Waals surface area (Å²) in [6.45, 7) is 0.484. The number of rotatable bonds is 11. The molecule has 0 spiro atoms. The quantitative estimate of drug-likeness (QED) is 0.373. The highest BCUT2D eigenvalue weighted by atomic mass is 32.2. The van der Waals surface area contributed by atoms with E-state index < -0.39 is 22.5 Å². The molecule has 1 aliphatic heterocycles. The molecule has 2 N–H and O–H groups in total. The van der Waals surface area contributed by atoms with Crippen molar-refractivity contribution in [3.05, 3.63) is 78.4 Å². The molecule has 2 amide bonds. The number of nitrogens with zero attached hydrogens (tertiary/aromatic N) is 1. The molecule has 0 unspecified atom stereocenters. The van der Waals surface area contributed by atoms with E-state index in [9.17, 15) is 18.0 Å². The molecule has 0 saturated carbocycles. The summed E-state index contributed by atoms with van der Waals surface area (Å²) in [4.78, 5) is 26.2. The molecule has 11 heteroatoms. The van der Waals surface area contributed by atoms with E-state index >= 15 is 0 Å². The molecular formula is C28H31N3O7S. The summed E-state index contributed by atoms with van der Waals surface area (Å²) in [5, 5.41) is 5.54. The fourth-order valence-electron chi connectivity index (χ4n) is 4.23. The van der Waals surface area contributed by atoms with Gasteiger partial charge in [0.25, 0.3) is 15.9 Å². The molecule has 1 fully saturated rings. The maximum Gasteiger partial charge on any atom is 0.264 e. The summed E-state index contributed by atoms with van der Waals surface area (Å²) in [5.41, 5.74) is 0.721. The van der Waals surface area contributed by atoms with Crippen molar-refractivity contribution < 1.29 is 32.2 Å². The van der Waals surface area contributed by atoms with E-state index in [1.165, 1.54) is 38.5 Å². The number of carbonyl (C=O) groups excluding carboxylic acids is 2. The number of amides is 2. The molecule has 1 heterocycles. The Bertz CT molecular complexity index is 1410. The van der Waals surface area contributed by atoms with Crippen molar-refractivity contribution >= 4 is 33.2 Å². The first-order valence-electron chi connectivity index (χ1n) is 12.4. The molecule has 1 atom stereocenters. The fourth-order valence-corrected chi connectivity index (χ4v) is 5.67. The highest BCUT2D eigenvalue weighted by Crippen LogP contribution is 2.34. The third-order valence-electron chi connectivity index (χ3n) is 6.23. The van der Waals surface area contributed by atoms with Crippen molar-refractivity contribution in [2.75, 3.05) is 43.5 Å². The van der Waals surface area contributed by atoms with E-state index in [-0.39, 0.29) is 33.8 Å². The second-order valence-corrected chi connectivity index (χ2v) is 10.7. The predicted octanol–water partition coefficient (Wildman–Crippen LogP) is 3.45. The van der Waals surface area contributed by atoms with Gasteiger partial charge in [-0.2, -0.15) is 0 Å². The van der Waals surface area contributed by atoms with Crippen LogP contribution in [0.5, 0.6) is 11.5 Å². The van der Waals surface area contributed by atoms with E-state index in [2.05, 4.69) is 10.6 Å². The van der Waals surface area contributed by atoms with Crippen LogP contribution in [0.15, 0.2) is 77.7 Å². The first kappa shape index (κ1) is 27.9. The Hall–Kier alpha value is -4.09. The van der Waals surface area contributed by atoms with Crippen LogP contribution in [0, 0.1) is 0 Å². The van der Waals surface area contributed by atoms with Crippen LogP contribution in [0.1, 0.15) is 23.2 Å². The molecule has 0 radical (unpaired) electrons. The maximum absolute atomic E-state index is 13.7. The van der Waals surface area contributed by atoms with Crippen LogP contribution in [-0.2, 0) is 19.6 Å². The Morgan fingerprint density at radius 1 is 0.974 bits per heavy atom. The van der Waals surface area contributed by atoms with Gasteiger partial charge >= 0.3 is 0 Å². The molecule has 4 rings (SSSR count). The Morgan fingerprint density at radius 2 is 1.69 bits per heavy atom. The average molecular weight is 554 g/mol. The minimum atomic E-state index is -4.15. The molecule has 1 saturated heterocycles. The zero-order valence-electron chi connectivity index (χ0n) is 21.8.